The van der Waals surface area contributed by atoms with Crippen molar-refractivity contribution in [3.63, 3.8) is 0 Å². The van der Waals surface area contributed by atoms with Crippen molar-refractivity contribution in [1.29, 1.82) is 0 Å². The number of ether oxygens (including phenoxy) is 1. The third-order valence-corrected chi connectivity index (χ3v) is 5.48. The number of hydrogen-bond donors (Lipinski definition) is 1. The number of ketones is 1. The lowest BCUT2D eigenvalue weighted by atomic mass is 9.90. The molecule has 1 heterocycles. The minimum atomic E-state index is -2.07. The van der Waals surface area contributed by atoms with Gasteiger partial charge in [0.1, 0.15) is 18.1 Å². The van der Waals surface area contributed by atoms with Crippen LogP contribution in [0.15, 0.2) is 30.3 Å². The molecule has 1 amide bonds. The van der Waals surface area contributed by atoms with Crippen molar-refractivity contribution in [1.82, 2.24) is 0 Å². The summed E-state index contributed by atoms with van der Waals surface area (Å²) in [4.78, 5) is 25.9. The first kappa shape index (κ1) is 21.2. The highest BCUT2D eigenvalue weighted by atomic mass is 35.5. The highest BCUT2D eigenvalue weighted by Gasteiger charge is 2.52. The van der Waals surface area contributed by atoms with E-state index in [1.54, 1.807) is 12.1 Å². The minimum absolute atomic E-state index is 0.0606. The Morgan fingerprint density at radius 2 is 1.79 bits per heavy atom. The lowest BCUT2D eigenvalue weighted by Crippen LogP contribution is -2.43. The average Bonchev–Trinajstić information content (AvgIpc) is 2.82. The number of aliphatic hydroxyl groups is 1. The molecule has 3 rings (SSSR count). The Balaban J connectivity index is 1.89. The van der Waals surface area contributed by atoms with Crippen LogP contribution in [0.2, 0.25) is 20.1 Å². The van der Waals surface area contributed by atoms with Crippen molar-refractivity contribution in [2.45, 2.75) is 18.9 Å². The van der Waals surface area contributed by atoms with Crippen LogP contribution in [0.3, 0.4) is 0 Å². The van der Waals surface area contributed by atoms with E-state index in [9.17, 15) is 14.7 Å². The van der Waals surface area contributed by atoms with Gasteiger partial charge in [0.2, 0.25) is 0 Å². The molecule has 0 saturated carbocycles. The molecule has 0 saturated heterocycles. The topological polar surface area (TPSA) is 66.8 Å². The lowest BCUT2D eigenvalue weighted by Gasteiger charge is -2.22. The predicted molar refractivity (Wildman–Crippen MR) is 110 cm³/mol. The van der Waals surface area contributed by atoms with Crippen molar-refractivity contribution >= 4 is 63.8 Å². The number of anilines is 1. The van der Waals surface area contributed by atoms with Crippen LogP contribution in [0.5, 0.6) is 5.75 Å². The largest absolute Gasteiger partial charge is 0.490 e. The molecule has 2 aromatic carbocycles. The zero-order chi connectivity index (χ0) is 20.6. The van der Waals surface area contributed by atoms with Crippen LogP contribution >= 0.6 is 46.4 Å². The SMILES string of the molecule is CC(=O)CC1(O)C(=O)N(CCOc2ccc(Cl)cc2Cl)c2c(Cl)ccc(Cl)c21. The van der Waals surface area contributed by atoms with Crippen LogP contribution in [0, 0.1) is 0 Å². The van der Waals surface area contributed by atoms with E-state index in [-0.39, 0.29) is 40.2 Å². The number of carbonyl (C=O) groups is 2. The second-order valence-electron chi connectivity index (χ2n) is 6.37. The number of Topliss-reactive ketones (excluding diaryl/α,β-unsaturated/α-hetero) is 1. The number of hydrogen-bond acceptors (Lipinski definition) is 4. The summed E-state index contributed by atoms with van der Waals surface area (Å²) in [6.45, 7) is 1.41. The van der Waals surface area contributed by atoms with E-state index in [0.717, 1.165) is 0 Å². The number of carbonyl (C=O) groups excluding carboxylic acids is 2. The smallest absolute Gasteiger partial charge is 0.264 e. The standard InChI is InChI=1S/C19H15Cl4NO4/c1-10(25)9-19(27)16-12(21)3-4-13(22)17(16)24(18(19)26)6-7-28-15-5-2-11(20)8-14(15)23/h2-5,8,27H,6-7,9H2,1H3. The molecule has 1 N–H and O–H groups in total. The Kier molecular flexibility index (Phi) is 6.13. The van der Waals surface area contributed by atoms with Gasteiger partial charge in [-0.3, -0.25) is 9.59 Å². The molecule has 2 aromatic rings. The normalized spacial score (nSPS) is 18.4. The van der Waals surface area contributed by atoms with E-state index < -0.39 is 17.9 Å². The Labute approximate surface area is 181 Å². The number of halogens is 4. The van der Waals surface area contributed by atoms with Gasteiger partial charge in [-0.1, -0.05) is 46.4 Å². The van der Waals surface area contributed by atoms with Crippen molar-refractivity contribution < 1.29 is 19.4 Å². The molecule has 1 atom stereocenters. The molecule has 0 radical (unpaired) electrons. The van der Waals surface area contributed by atoms with Crippen LogP contribution < -0.4 is 9.64 Å². The van der Waals surface area contributed by atoms with Gasteiger partial charge in [0.05, 0.1) is 22.3 Å². The van der Waals surface area contributed by atoms with Crippen molar-refractivity contribution in [3.05, 3.63) is 56.0 Å². The van der Waals surface area contributed by atoms with E-state index in [1.807, 2.05) is 0 Å². The summed E-state index contributed by atoms with van der Waals surface area (Å²) in [5, 5.41) is 12.2. The zero-order valence-corrected chi connectivity index (χ0v) is 17.7. The Bertz CT molecular complexity index is 965. The summed E-state index contributed by atoms with van der Waals surface area (Å²) in [5.41, 5.74) is -1.67. The minimum Gasteiger partial charge on any atom is -0.490 e. The predicted octanol–water partition coefficient (Wildman–Crippen LogP) is 4.89. The zero-order valence-electron chi connectivity index (χ0n) is 14.6. The van der Waals surface area contributed by atoms with Crippen LogP contribution in [0.4, 0.5) is 5.69 Å². The maximum absolute atomic E-state index is 13.0. The van der Waals surface area contributed by atoms with E-state index in [0.29, 0.717) is 15.8 Å². The Morgan fingerprint density at radius 3 is 2.43 bits per heavy atom. The van der Waals surface area contributed by atoms with E-state index >= 15 is 0 Å². The van der Waals surface area contributed by atoms with Gasteiger partial charge in [-0.2, -0.15) is 0 Å². The molecule has 0 fully saturated rings. The first-order chi connectivity index (χ1) is 13.1. The summed E-state index contributed by atoms with van der Waals surface area (Å²) >= 11 is 24.5. The molecule has 0 aliphatic carbocycles. The third kappa shape index (κ3) is 3.82. The van der Waals surface area contributed by atoms with Gasteiger partial charge in [-0.25, -0.2) is 0 Å². The molecule has 9 heteroatoms. The molecule has 0 bridgehead atoms. The fourth-order valence-corrected chi connectivity index (χ4v) is 4.24. The van der Waals surface area contributed by atoms with Gasteiger partial charge in [0.15, 0.2) is 5.60 Å². The van der Waals surface area contributed by atoms with Crippen molar-refractivity contribution in [3.8, 4) is 5.75 Å². The van der Waals surface area contributed by atoms with Crippen LogP contribution in [0.1, 0.15) is 18.9 Å². The van der Waals surface area contributed by atoms with Crippen LogP contribution in [-0.2, 0) is 15.2 Å². The first-order valence-electron chi connectivity index (χ1n) is 8.25. The maximum atomic E-state index is 13.0. The summed E-state index contributed by atoms with van der Waals surface area (Å²) in [6.07, 6.45) is -0.404. The molecule has 0 spiro atoms. The molecule has 1 unspecified atom stereocenters. The van der Waals surface area contributed by atoms with Gasteiger partial charge in [-0.05, 0) is 37.3 Å². The molecule has 28 heavy (non-hydrogen) atoms. The highest BCUT2D eigenvalue weighted by molar-refractivity contribution is 6.38. The van der Waals surface area contributed by atoms with Gasteiger partial charge >= 0.3 is 0 Å². The summed E-state index contributed by atoms with van der Waals surface area (Å²) in [7, 11) is 0. The molecular formula is C19H15Cl4NO4. The average molecular weight is 463 g/mol. The van der Waals surface area contributed by atoms with E-state index in [2.05, 4.69) is 0 Å². The second kappa shape index (κ2) is 8.09. The first-order valence-corrected chi connectivity index (χ1v) is 9.76. The second-order valence-corrected chi connectivity index (χ2v) is 8.03. The molecular weight excluding hydrogens is 448 g/mol. The van der Waals surface area contributed by atoms with E-state index in [1.165, 1.54) is 30.0 Å². The summed E-state index contributed by atoms with van der Waals surface area (Å²) in [6, 6.07) is 7.78. The summed E-state index contributed by atoms with van der Waals surface area (Å²) < 4.78 is 5.63. The molecule has 148 valence electrons. The van der Waals surface area contributed by atoms with Gasteiger partial charge in [-0.15, -0.1) is 0 Å². The lowest BCUT2D eigenvalue weighted by molar-refractivity contribution is -0.141. The van der Waals surface area contributed by atoms with Crippen LogP contribution in [0.25, 0.3) is 0 Å². The molecule has 0 aromatic heterocycles. The highest BCUT2D eigenvalue weighted by Crippen LogP contribution is 2.49. The molecule has 1 aliphatic heterocycles. The molecule has 1 aliphatic rings. The number of rotatable bonds is 6. The van der Waals surface area contributed by atoms with Crippen molar-refractivity contribution in [2.24, 2.45) is 0 Å². The Morgan fingerprint density at radius 1 is 1.11 bits per heavy atom. The van der Waals surface area contributed by atoms with Gasteiger partial charge < -0.3 is 14.7 Å². The fourth-order valence-electron chi connectivity index (χ4n) is 3.21. The van der Waals surface area contributed by atoms with Crippen LogP contribution in [-0.4, -0.2) is 29.9 Å². The summed E-state index contributed by atoms with van der Waals surface area (Å²) in [5.74, 6) is -0.642. The third-order valence-electron chi connectivity index (χ3n) is 4.33. The Hall–Kier alpha value is -1.50. The number of benzene rings is 2. The van der Waals surface area contributed by atoms with Gasteiger partial charge in [0.25, 0.3) is 5.91 Å². The maximum Gasteiger partial charge on any atom is 0.264 e. The molecule has 5 nitrogen and oxygen atoms in total. The van der Waals surface area contributed by atoms with E-state index in [4.69, 9.17) is 51.1 Å². The quantitative estimate of drug-likeness (QED) is 0.663. The number of fused-ring (bicyclic) bond motifs is 1. The number of amides is 1. The fraction of sp³-hybridized carbons (Fsp3) is 0.263. The van der Waals surface area contributed by atoms with Gasteiger partial charge in [0, 0.05) is 22.0 Å². The van der Waals surface area contributed by atoms with Crippen molar-refractivity contribution in [2.75, 3.05) is 18.1 Å². The monoisotopic (exact) mass is 461 g/mol. The number of nitrogens with zero attached hydrogens (tertiary/aromatic N) is 1.